The van der Waals surface area contributed by atoms with E-state index in [4.69, 9.17) is 0 Å². The van der Waals surface area contributed by atoms with E-state index in [0.717, 1.165) is 32.2 Å². The first-order chi connectivity index (χ1) is 9.40. The van der Waals surface area contributed by atoms with Crippen LogP contribution in [0.2, 0.25) is 0 Å². The van der Waals surface area contributed by atoms with Crippen molar-refractivity contribution < 1.29 is 13.2 Å². The molecule has 114 valence electrons. The molecule has 6 heteroatoms. The average Bonchev–Trinajstić information content (AvgIpc) is 2.36. The summed E-state index contributed by atoms with van der Waals surface area (Å²) in [5, 5.41) is 3.15. The van der Waals surface area contributed by atoms with Crippen LogP contribution in [0, 0.1) is 17.5 Å². The normalized spacial score (nSPS) is 15.9. The van der Waals surface area contributed by atoms with E-state index in [1.807, 2.05) is 30.9 Å². The van der Waals surface area contributed by atoms with E-state index < -0.39 is 17.5 Å². The van der Waals surface area contributed by atoms with Crippen molar-refractivity contribution in [2.24, 2.45) is 0 Å². The van der Waals surface area contributed by atoms with Crippen LogP contribution in [0.1, 0.15) is 5.56 Å². The zero-order valence-electron chi connectivity index (χ0n) is 12.2. The summed E-state index contributed by atoms with van der Waals surface area (Å²) in [6.45, 7) is 3.41. The molecule has 1 fully saturated rings. The largest absolute Gasteiger partial charge is 0.314 e. The second-order valence-electron chi connectivity index (χ2n) is 5.23. The third-order valence-electron chi connectivity index (χ3n) is 2.67. The van der Waals surface area contributed by atoms with E-state index in [9.17, 15) is 13.2 Å². The van der Waals surface area contributed by atoms with E-state index >= 15 is 0 Å². The number of benzene rings is 1. The quantitative estimate of drug-likeness (QED) is 0.836. The summed E-state index contributed by atoms with van der Waals surface area (Å²) < 4.78 is 39.2. The fraction of sp³-hybridized carbons (Fsp3) is 0.571. The molecule has 0 spiro atoms. The SMILES string of the molecule is CN(C)C.Fc1cc(F)c(F)c(CN2CCNCC2)c1. The molecule has 3 nitrogen and oxygen atoms in total. The molecule has 2 rings (SSSR count). The van der Waals surface area contributed by atoms with Gasteiger partial charge in [-0.15, -0.1) is 0 Å². The molecule has 0 radical (unpaired) electrons. The van der Waals surface area contributed by atoms with Crippen LogP contribution in [-0.2, 0) is 6.54 Å². The summed E-state index contributed by atoms with van der Waals surface area (Å²) >= 11 is 0. The standard InChI is InChI=1S/C11H13F3N2.C3H9N/c12-9-5-8(11(14)10(13)6-9)7-16-3-1-15-2-4-16;1-4(2)3/h5-6,15H,1-4,7H2;1-3H3. The molecular formula is C14H22F3N3. The lowest BCUT2D eigenvalue weighted by atomic mass is 10.1. The van der Waals surface area contributed by atoms with Crippen LogP contribution in [0.3, 0.4) is 0 Å². The first-order valence-corrected chi connectivity index (χ1v) is 6.57. The number of rotatable bonds is 2. The summed E-state index contributed by atoms with van der Waals surface area (Å²) in [6.07, 6.45) is 0. The molecule has 20 heavy (non-hydrogen) atoms. The highest BCUT2D eigenvalue weighted by Gasteiger charge is 2.15. The van der Waals surface area contributed by atoms with Crippen molar-refractivity contribution >= 4 is 0 Å². The highest BCUT2D eigenvalue weighted by atomic mass is 19.2. The Morgan fingerprint density at radius 1 is 1.10 bits per heavy atom. The van der Waals surface area contributed by atoms with Gasteiger partial charge in [0.15, 0.2) is 11.6 Å². The highest BCUT2D eigenvalue weighted by Crippen LogP contribution is 2.16. The maximum atomic E-state index is 13.4. The summed E-state index contributed by atoms with van der Waals surface area (Å²) in [7, 11) is 6.00. The molecule has 1 saturated heterocycles. The fourth-order valence-corrected chi connectivity index (χ4v) is 1.83. The van der Waals surface area contributed by atoms with Gasteiger partial charge in [0.2, 0.25) is 0 Å². The monoisotopic (exact) mass is 289 g/mol. The maximum absolute atomic E-state index is 13.4. The number of hydrogen-bond acceptors (Lipinski definition) is 3. The van der Waals surface area contributed by atoms with Gasteiger partial charge in [-0.1, -0.05) is 0 Å². The molecule has 0 amide bonds. The van der Waals surface area contributed by atoms with Crippen molar-refractivity contribution in [1.82, 2.24) is 15.1 Å². The number of piperazine rings is 1. The van der Waals surface area contributed by atoms with Crippen LogP contribution in [0.15, 0.2) is 12.1 Å². The topological polar surface area (TPSA) is 18.5 Å². The molecular weight excluding hydrogens is 267 g/mol. The van der Waals surface area contributed by atoms with Crippen molar-refractivity contribution in [2.45, 2.75) is 6.54 Å². The Kier molecular flexibility index (Phi) is 6.98. The van der Waals surface area contributed by atoms with E-state index in [1.54, 1.807) is 0 Å². The molecule has 0 unspecified atom stereocenters. The van der Waals surface area contributed by atoms with Crippen molar-refractivity contribution in [3.8, 4) is 0 Å². The Morgan fingerprint density at radius 3 is 2.20 bits per heavy atom. The predicted molar refractivity (Wildman–Crippen MR) is 74.1 cm³/mol. The number of hydrogen-bond donors (Lipinski definition) is 1. The van der Waals surface area contributed by atoms with Crippen LogP contribution in [-0.4, -0.2) is 57.1 Å². The second kappa shape index (κ2) is 8.24. The van der Waals surface area contributed by atoms with Crippen LogP contribution in [0.4, 0.5) is 13.2 Å². The lowest BCUT2D eigenvalue weighted by Gasteiger charge is -2.27. The molecule has 0 bridgehead atoms. The second-order valence-corrected chi connectivity index (χ2v) is 5.23. The minimum atomic E-state index is -1.12. The predicted octanol–water partition coefficient (Wildman–Crippen LogP) is 1.69. The molecule has 1 aromatic carbocycles. The van der Waals surface area contributed by atoms with Crippen molar-refractivity contribution in [3.05, 3.63) is 35.1 Å². The highest BCUT2D eigenvalue weighted by molar-refractivity contribution is 5.20. The minimum Gasteiger partial charge on any atom is -0.314 e. The average molecular weight is 289 g/mol. The Balaban J connectivity index is 0.000000444. The van der Waals surface area contributed by atoms with Crippen molar-refractivity contribution in [1.29, 1.82) is 0 Å². The number of nitrogens with zero attached hydrogens (tertiary/aromatic N) is 2. The van der Waals surface area contributed by atoms with Crippen LogP contribution < -0.4 is 5.32 Å². The maximum Gasteiger partial charge on any atom is 0.163 e. The van der Waals surface area contributed by atoms with Gasteiger partial charge in [0, 0.05) is 44.4 Å². The van der Waals surface area contributed by atoms with Gasteiger partial charge in [0.25, 0.3) is 0 Å². The summed E-state index contributed by atoms with van der Waals surface area (Å²) in [4.78, 5) is 3.97. The van der Waals surface area contributed by atoms with Gasteiger partial charge in [0.1, 0.15) is 5.82 Å². The van der Waals surface area contributed by atoms with Gasteiger partial charge >= 0.3 is 0 Å². The van der Waals surface area contributed by atoms with Gasteiger partial charge < -0.3 is 10.2 Å². The van der Waals surface area contributed by atoms with Crippen LogP contribution in [0.25, 0.3) is 0 Å². The summed E-state index contributed by atoms with van der Waals surface area (Å²) in [5.74, 6) is -2.80. The molecule has 1 aliphatic heterocycles. The minimum absolute atomic E-state index is 0.0828. The summed E-state index contributed by atoms with van der Waals surface area (Å²) in [6, 6.07) is 1.62. The van der Waals surface area contributed by atoms with Crippen LogP contribution >= 0.6 is 0 Å². The number of halogens is 3. The van der Waals surface area contributed by atoms with Gasteiger partial charge in [-0.2, -0.15) is 0 Å². The molecule has 1 aromatic rings. The molecule has 0 atom stereocenters. The lowest BCUT2D eigenvalue weighted by Crippen LogP contribution is -2.43. The zero-order chi connectivity index (χ0) is 15.1. The van der Waals surface area contributed by atoms with Gasteiger partial charge in [-0.05, 0) is 27.2 Å². The van der Waals surface area contributed by atoms with E-state index in [-0.39, 0.29) is 12.1 Å². The molecule has 1 heterocycles. The first kappa shape index (κ1) is 16.9. The Labute approximate surface area is 118 Å². The summed E-state index contributed by atoms with van der Waals surface area (Å²) in [5.41, 5.74) is 0.0828. The van der Waals surface area contributed by atoms with Crippen molar-refractivity contribution in [3.63, 3.8) is 0 Å². The molecule has 1 N–H and O–H groups in total. The van der Waals surface area contributed by atoms with Gasteiger partial charge in [0.05, 0.1) is 0 Å². The van der Waals surface area contributed by atoms with E-state index in [0.29, 0.717) is 6.07 Å². The Hall–Kier alpha value is -1.11. The molecule has 0 saturated carbocycles. The Morgan fingerprint density at radius 2 is 1.65 bits per heavy atom. The van der Waals surface area contributed by atoms with Gasteiger partial charge in [-0.3, -0.25) is 4.90 Å². The fourth-order valence-electron chi connectivity index (χ4n) is 1.83. The number of nitrogens with one attached hydrogen (secondary N) is 1. The van der Waals surface area contributed by atoms with E-state index in [2.05, 4.69) is 5.32 Å². The zero-order valence-corrected chi connectivity index (χ0v) is 12.2. The van der Waals surface area contributed by atoms with Crippen LogP contribution in [0.5, 0.6) is 0 Å². The molecule has 0 aliphatic carbocycles. The Bertz CT molecular complexity index is 416. The molecule has 1 aliphatic rings. The smallest absolute Gasteiger partial charge is 0.163 e. The third kappa shape index (κ3) is 5.90. The first-order valence-electron chi connectivity index (χ1n) is 6.57. The van der Waals surface area contributed by atoms with Crippen molar-refractivity contribution in [2.75, 3.05) is 47.3 Å². The lowest BCUT2D eigenvalue weighted by molar-refractivity contribution is 0.229. The van der Waals surface area contributed by atoms with E-state index in [1.165, 1.54) is 0 Å². The van der Waals surface area contributed by atoms with Gasteiger partial charge in [-0.25, -0.2) is 13.2 Å². The molecule has 0 aromatic heterocycles. The third-order valence-corrected chi connectivity index (χ3v) is 2.67.